The van der Waals surface area contributed by atoms with Crippen molar-refractivity contribution in [1.82, 2.24) is 10.2 Å². The van der Waals surface area contributed by atoms with E-state index in [0.717, 1.165) is 19.5 Å². The van der Waals surface area contributed by atoms with Crippen LogP contribution in [0.5, 0.6) is 0 Å². The van der Waals surface area contributed by atoms with Gasteiger partial charge in [0.15, 0.2) is 0 Å². The molecule has 2 aliphatic heterocycles. The van der Waals surface area contributed by atoms with Gasteiger partial charge in [-0.05, 0) is 39.7 Å². The Labute approximate surface area is 108 Å². The molecule has 5 heteroatoms. The molecule has 0 aromatic carbocycles. The normalized spacial score (nSPS) is 32.2. The molecule has 5 nitrogen and oxygen atoms in total. The predicted molar refractivity (Wildman–Crippen MR) is 68.3 cm³/mol. The topological polar surface area (TPSA) is 61.8 Å². The first kappa shape index (κ1) is 13.6. The van der Waals surface area contributed by atoms with Crippen molar-refractivity contribution in [2.45, 2.75) is 38.8 Å². The molecule has 0 saturated carbocycles. The number of aliphatic hydroxyl groups excluding tert-OH is 1. The zero-order chi connectivity index (χ0) is 13.3. The van der Waals surface area contributed by atoms with E-state index < -0.39 is 5.60 Å². The van der Waals surface area contributed by atoms with E-state index in [-0.39, 0.29) is 24.7 Å². The van der Waals surface area contributed by atoms with Gasteiger partial charge in [-0.2, -0.15) is 0 Å². The molecule has 0 aromatic heterocycles. The summed E-state index contributed by atoms with van der Waals surface area (Å²) in [5.41, 5.74) is -0.466. The summed E-state index contributed by atoms with van der Waals surface area (Å²) < 4.78 is 5.44. The molecule has 3 atom stereocenters. The van der Waals surface area contributed by atoms with Crippen molar-refractivity contribution in [2.24, 2.45) is 11.8 Å². The molecule has 1 amide bonds. The third-order valence-electron chi connectivity index (χ3n) is 3.80. The lowest BCUT2D eigenvalue weighted by molar-refractivity contribution is 0.0194. The molecule has 0 spiro atoms. The van der Waals surface area contributed by atoms with E-state index in [1.807, 2.05) is 20.8 Å². The lowest BCUT2D eigenvalue weighted by Crippen LogP contribution is -2.49. The average Bonchev–Trinajstić information content (AvgIpc) is 2.65. The van der Waals surface area contributed by atoms with Crippen LogP contribution in [-0.4, -0.2) is 54.0 Å². The van der Waals surface area contributed by atoms with Crippen molar-refractivity contribution in [2.75, 3.05) is 26.2 Å². The number of rotatable bonds is 1. The molecule has 0 radical (unpaired) electrons. The Morgan fingerprint density at radius 1 is 1.50 bits per heavy atom. The number of carbonyl (C=O) groups excluding carboxylic acids is 1. The monoisotopic (exact) mass is 256 g/mol. The van der Waals surface area contributed by atoms with Gasteiger partial charge < -0.3 is 20.1 Å². The Bertz CT molecular complexity index is 314. The summed E-state index contributed by atoms with van der Waals surface area (Å²) in [6, 6.07) is 0.172. The number of piperidine rings is 1. The van der Waals surface area contributed by atoms with Crippen LogP contribution in [-0.2, 0) is 4.74 Å². The van der Waals surface area contributed by atoms with E-state index in [1.165, 1.54) is 0 Å². The van der Waals surface area contributed by atoms with Crippen LogP contribution >= 0.6 is 0 Å². The molecule has 18 heavy (non-hydrogen) atoms. The highest BCUT2D eigenvalue weighted by atomic mass is 16.6. The number of nitrogens with zero attached hydrogens (tertiary/aromatic N) is 1. The first-order chi connectivity index (χ1) is 8.42. The number of likely N-dealkylation sites (tertiary alicyclic amines) is 1. The maximum Gasteiger partial charge on any atom is 0.410 e. The Balaban J connectivity index is 2.06. The van der Waals surface area contributed by atoms with Crippen LogP contribution in [0.4, 0.5) is 4.79 Å². The van der Waals surface area contributed by atoms with Crippen molar-refractivity contribution in [1.29, 1.82) is 0 Å². The van der Waals surface area contributed by atoms with Crippen LogP contribution < -0.4 is 5.32 Å². The molecular weight excluding hydrogens is 232 g/mol. The molecular formula is C13H24N2O3. The highest BCUT2D eigenvalue weighted by Crippen LogP contribution is 2.34. The second kappa shape index (κ2) is 5.05. The van der Waals surface area contributed by atoms with E-state index in [1.54, 1.807) is 4.90 Å². The standard InChI is InChI=1S/C13H24N2O3/c1-13(2,3)18-12(17)15-7-9(8-16)10-4-5-14-6-11(10)15/h9-11,14,16H,4-8H2,1-3H3. The summed E-state index contributed by atoms with van der Waals surface area (Å²) in [7, 11) is 0. The molecule has 2 rings (SSSR count). The number of nitrogens with one attached hydrogen (secondary N) is 1. The Morgan fingerprint density at radius 2 is 2.22 bits per heavy atom. The second-order valence-electron chi connectivity index (χ2n) is 6.30. The molecule has 0 bridgehead atoms. The van der Waals surface area contributed by atoms with Gasteiger partial charge in [-0.1, -0.05) is 0 Å². The van der Waals surface area contributed by atoms with Crippen LogP contribution in [0.1, 0.15) is 27.2 Å². The predicted octanol–water partition coefficient (Wildman–Crippen LogP) is 0.824. The SMILES string of the molecule is CC(C)(C)OC(=O)N1CC(CO)C2CCNCC21. The minimum absolute atomic E-state index is 0.153. The van der Waals surface area contributed by atoms with Gasteiger partial charge in [0, 0.05) is 25.6 Å². The van der Waals surface area contributed by atoms with Crippen LogP contribution in [0.2, 0.25) is 0 Å². The zero-order valence-electron chi connectivity index (χ0n) is 11.5. The molecule has 3 unspecified atom stereocenters. The lowest BCUT2D eigenvalue weighted by atomic mass is 9.86. The number of aliphatic hydroxyl groups is 1. The lowest BCUT2D eigenvalue weighted by Gasteiger charge is -2.33. The van der Waals surface area contributed by atoms with Gasteiger partial charge in [0.2, 0.25) is 0 Å². The van der Waals surface area contributed by atoms with E-state index in [0.29, 0.717) is 12.5 Å². The maximum atomic E-state index is 12.2. The molecule has 0 aliphatic carbocycles. The van der Waals surface area contributed by atoms with Gasteiger partial charge in [0.05, 0.1) is 6.04 Å². The molecule has 0 aromatic rings. The average molecular weight is 256 g/mol. The van der Waals surface area contributed by atoms with Gasteiger partial charge in [-0.15, -0.1) is 0 Å². The first-order valence-corrected chi connectivity index (χ1v) is 6.73. The molecule has 2 fully saturated rings. The molecule has 2 heterocycles. The number of fused-ring (bicyclic) bond motifs is 1. The van der Waals surface area contributed by atoms with E-state index in [4.69, 9.17) is 4.74 Å². The van der Waals surface area contributed by atoms with Gasteiger partial charge in [0.25, 0.3) is 0 Å². The summed E-state index contributed by atoms with van der Waals surface area (Å²) in [5, 5.41) is 12.8. The number of hydrogen-bond acceptors (Lipinski definition) is 4. The van der Waals surface area contributed by atoms with E-state index in [2.05, 4.69) is 5.32 Å². The largest absolute Gasteiger partial charge is 0.444 e. The van der Waals surface area contributed by atoms with Crippen LogP contribution in [0.25, 0.3) is 0 Å². The molecule has 2 saturated heterocycles. The third-order valence-corrected chi connectivity index (χ3v) is 3.80. The number of ether oxygens (including phenoxy) is 1. The summed E-state index contributed by atoms with van der Waals surface area (Å²) in [4.78, 5) is 14.0. The van der Waals surface area contributed by atoms with Crippen molar-refractivity contribution in [3.8, 4) is 0 Å². The van der Waals surface area contributed by atoms with Crippen molar-refractivity contribution in [3.63, 3.8) is 0 Å². The molecule has 2 N–H and O–H groups in total. The van der Waals surface area contributed by atoms with Gasteiger partial charge in [-0.25, -0.2) is 4.79 Å². The summed E-state index contributed by atoms with van der Waals surface area (Å²) in [5.74, 6) is 0.605. The highest BCUT2D eigenvalue weighted by molar-refractivity contribution is 5.69. The number of carbonyl (C=O) groups is 1. The molecule has 104 valence electrons. The van der Waals surface area contributed by atoms with Crippen molar-refractivity contribution < 1.29 is 14.6 Å². The quantitative estimate of drug-likeness (QED) is 0.729. The minimum Gasteiger partial charge on any atom is -0.444 e. The fourth-order valence-corrected chi connectivity index (χ4v) is 3.00. The zero-order valence-corrected chi connectivity index (χ0v) is 11.5. The van der Waals surface area contributed by atoms with E-state index >= 15 is 0 Å². The third kappa shape index (κ3) is 2.78. The first-order valence-electron chi connectivity index (χ1n) is 6.73. The summed E-state index contributed by atoms with van der Waals surface area (Å²) in [6.07, 6.45) is 0.770. The number of hydrogen-bond donors (Lipinski definition) is 2. The summed E-state index contributed by atoms with van der Waals surface area (Å²) in [6.45, 7) is 8.17. The fraction of sp³-hybridized carbons (Fsp3) is 0.923. The van der Waals surface area contributed by atoms with Crippen LogP contribution in [0.15, 0.2) is 0 Å². The van der Waals surface area contributed by atoms with Gasteiger partial charge >= 0.3 is 6.09 Å². The van der Waals surface area contributed by atoms with Crippen LogP contribution in [0, 0.1) is 11.8 Å². The number of amides is 1. The Hall–Kier alpha value is -0.810. The fourth-order valence-electron chi connectivity index (χ4n) is 3.00. The smallest absolute Gasteiger partial charge is 0.410 e. The van der Waals surface area contributed by atoms with Crippen molar-refractivity contribution >= 4 is 6.09 Å². The Morgan fingerprint density at radius 3 is 2.83 bits per heavy atom. The van der Waals surface area contributed by atoms with Crippen LogP contribution in [0.3, 0.4) is 0 Å². The van der Waals surface area contributed by atoms with Crippen molar-refractivity contribution in [3.05, 3.63) is 0 Å². The minimum atomic E-state index is -0.466. The summed E-state index contributed by atoms with van der Waals surface area (Å²) >= 11 is 0. The van der Waals surface area contributed by atoms with Gasteiger partial charge in [0.1, 0.15) is 5.60 Å². The second-order valence-corrected chi connectivity index (χ2v) is 6.30. The maximum absolute atomic E-state index is 12.2. The highest BCUT2D eigenvalue weighted by Gasteiger charge is 2.45. The Kier molecular flexibility index (Phi) is 3.82. The van der Waals surface area contributed by atoms with E-state index in [9.17, 15) is 9.90 Å². The molecule has 2 aliphatic rings. The van der Waals surface area contributed by atoms with Gasteiger partial charge in [-0.3, -0.25) is 0 Å².